The number of hydrogen-bond donors (Lipinski definition) is 0. The normalized spacial score (nSPS) is 12.2. The molecule has 3 nitrogen and oxygen atoms in total. The minimum atomic E-state index is -1.08. The molecule has 0 bridgehead atoms. The van der Waals surface area contributed by atoms with E-state index >= 15 is 0 Å². The van der Waals surface area contributed by atoms with E-state index < -0.39 is 11.7 Å². The Hall–Kier alpha value is -1.94. The zero-order valence-corrected chi connectivity index (χ0v) is 16.3. The highest BCUT2D eigenvalue weighted by atomic mass is 35.5. The Bertz CT molecular complexity index is 1020. The second kappa shape index (κ2) is 7.36. The van der Waals surface area contributed by atoms with Crippen LogP contribution in [-0.2, 0) is 4.79 Å². The van der Waals surface area contributed by atoms with Gasteiger partial charge in [0.2, 0.25) is 0 Å². The first-order valence-electron chi connectivity index (χ1n) is 7.85. The van der Waals surface area contributed by atoms with E-state index in [1.807, 2.05) is 30.3 Å². The fraction of sp³-hybridized carbons (Fsp3) is 0.150. The molecule has 0 saturated heterocycles. The average molecular weight is 407 g/mol. The first kappa shape index (κ1) is 18.8. The number of carbonyl (C=O) groups excluding carboxylic acids is 2. The number of nitrogens with zero attached hydrogens (tertiary/aromatic N) is 1. The van der Waals surface area contributed by atoms with Gasteiger partial charge >= 0.3 is 0 Å². The molecule has 0 saturated carbocycles. The summed E-state index contributed by atoms with van der Waals surface area (Å²) in [7, 11) is 0. The molecule has 26 heavy (non-hydrogen) atoms. The van der Waals surface area contributed by atoms with Crippen LogP contribution in [0.25, 0.3) is 10.9 Å². The van der Waals surface area contributed by atoms with Crippen LogP contribution in [0.1, 0.15) is 33.1 Å². The van der Waals surface area contributed by atoms with E-state index in [0.29, 0.717) is 33.6 Å². The number of Topliss-reactive ketones (excluding diaryl/α,β-unsaturated/α-hetero) is 1. The van der Waals surface area contributed by atoms with E-state index in [-0.39, 0.29) is 15.6 Å². The lowest BCUT2D eigenvalue weighted by molar-refractivity contribution is -0.108. The Balaban J connectivity index is 2.14. The van der Waals surface area contributed by atoms with Gasteiger partial charge in [0.25, 0.3) is 0 Å². The van der Waals surface area contributed by atoms with Gasteiger partial charge < -0.3 is 4.79 Å². The number of benzene rings is 2. The van der Waals surface area contributed by atoms with Crippen molar-refractivity contribution in [2.45, 2.75) is 19.8 Å². The molecule has 0 spiro atoms. The van der Waals surface area contributed by atoms with Gasteiger partial charge in [-0.05, 0) is 37.1 Å². The maximum atomic E-state index is 13.1. The summed E-state index contributed by atoms with van der Waals surface area (Å²) in [6, 6.07) is 11.0. The maximum Gasteiger partial charge on any atom is 0.180 e. The number of aromatic nitrogens is 1. The van der Waals surface area contributed by atoms with Crippen molar-refractivity contribution >= 4 is 57.8 Å². The summed E-state index contributed by atoms with van der Waals surface area (Å²) in [5.74, 6) is -1.53. The second-order valence-corrected chi connectivity index (χ2v) is 7.11. The number of ketones is 1. The Morgan fingerprint density at radius 2 is 1.62 bits per heavy atom. The first-order valence-corrected chi connectivity index (χ1v) is 8.99. The van der Waals surface area contributed by atoms with Gasteiger partial charge in [0.1, 0.15) is 12.2 Å². The van der Waals surface area contributed by atoms with Gasteiger partial charge in [-0.3, -0.25) is 9.78 Å². The van der Waals surface area contributed by atoms with Gasteiger partial charge in [-0.15, -0.1) is 0 Å². The molecular weight excluding hydrogens is 393 g/mol. The lowest BCUT2D eigenvalue weighted by Gasteiger charge is -2.17. The monoisotopic (exact) mass is 405 g/mol. The third kappa shape index (κ3) is 3.11. The van der Waals surface area contributed by atoms with Crippen molar-refractivity contribution in [3.05, 3.63) is 73.9 Å². The number of hydrogen-bond acceptors (Lipinski definition) is 3. The maximum absolute atomic E-state index is 13.1. The molecule has 3 aromatic rings. The standard InChI is InChI=1S/C20H14Cl3NO2/c1-10-16(17(21)11(2)19(23)18(10)22)20(26)13(9-25)15-8-7-12-5-3-4-6-14(12)24-15/h3-9,13H,1-2H3. The topological polar surface area (TPSA) is 47.0 Å². The number of fused-ring (bicyclic) bond motifs is 1. The number of para-hydroxylation sites is 1. The molecule has 0 N–H and O–H groups in total. The van der Waals surface area contributed by atoms with E-state index in [2.05, 4.69) is 4.98 Å². The van der Waals surface area contributed by atoms with Crippen LogP contribution < -0.4 is 0 Å². The smallest absolute Gasteiger partial charge is 0.180 e. The van der Waals surface area contributed by atoms with Gasteiger partial charge in [0.05, 0.1) is 26.3 Å². The number of aldehydes is 1. The van der Waals surface area contributed by atoms with Crippen molar-refractivity contribution in [2.24, 2.45) is 0 Å². The molecular formula is C20H14Cl3NO2. The van der Waals surface area contributed by atoms with Crippen molar-refractivity contribution in [2.75, 3.05) is 0 Å². The summed E-state index contributed by atoms with van der Waals surface area (Å²) in [5, 5.41) is 1.69. The molecule has 0 amide bonds. The number of pyridine rings is 1. The van der Waals surface area contributed by atoms with Crippen molar-refractivity contribution in [3.8, 4) is 0 Å². The van der Waals surface area contributed by atoms with Crippen molar-refractivity contribution in [3.63, 3.8) is 0 Å². The van der Waals surface area contributed by atoms with Gasteiger partial charge in [-0.2, -0.15) is 0 Å². The molecule has 1 unspecified atom stereocenters. The summed E-state index contributed by atoms with van der Waals surface area (Å²) >= 11 is 18.7. The van der Waals surface area contributed by atoms with Crippen LogP contribution in [0.5, 0.6) is 0 Å². The first-order chi connectivity index (χ1) is 12.4. The molecule has 1 atom stereocenters. The van der Waals surface area contributed by atoms with Crippen LogP contribution in [0.3, 0.4) is 0 Å². The highest BCUT2D eigenvalue weighted by Gasteiger charge is 2.29. The predicted molar refractivity (Wildman–Crippen MR) is 106 cm³/mol. The Labute approximate surface area is 165 Å². The quantitative estimate of drug-likeness (QED) is 0.232. The molecule has 132 valence electrons. The molecule has 0 radical (unpaired) electrons. The van der Waals surface area contributed by atoms with Crippen LogP contribution in [-0.4, -0.2) is 17.1 Å². The molecule has 1 aromatic heterocycles. The average Bonchev–Trinajstić information content (AvgIpc) is 2.65. The summed E-state index contributed by atoms with van der Waals surface area (Å²) in [6.07, 6.45) is 0.576. The summed E-state index contributed by atoms with van der Waals surface area (Å²) in [4.78, 5) is 29.3. The molecule has 1 heterocycles. The van der Waals surface area contributed by atoms with Crippen molar-refractivity contribution in [1.29, 1.82) is 0 Å². The van der Waals surface area contributed by atoms with E-state index in [1.54, 1.807) is 19.9 Å². The Morgan fingerprint density at radius 3 is 2.31 bits per heavy atom. The van der Waals surface area contributed by atoms with Gasteiger partial charge in [-0.1, -0.05) is 59.1 Å². The lowest BCUT2D eigenvalue weighted by atomic mass is 9.91. The van der Waals surface area contributed by atoms with Crippen molar-refractivity contribution < 1.29 is 9.59 Å². The number of rotatable bonds is 4. The second-order valence-electron chi connectivity index (χ2n) is 5.97. The molecule has 0 aliphatic rings. The molecule has 2 aromatic carbocycles. The van der Waals surface area contributed by atoms with Crippen LogP contribution >= 0.6 is 34.8 Å². The van der Waals surface area contributed by atoms with Gasteiger partial charge in [0, 0.05) is 10.9 Å². The highest BCUT2D eigenvalue weighted by Crippen LogP contribution is 2.39. The molecule has 6 heteroatoms. The molecule has 0 aliphatic heterocycles. The number of carbonyl (C=O) groups is 2. The SMILES string of the molecule is Cc1c(Cl)c(Cl)c(C)c(C(=O)C(C=O)c2ccc3ccccc3n2)c1Cl. The fourth-order valence-corrected chi connectivity index (χ4v) is 3.71. The minimum absolute atomic E-state index is 0.200. The molecule has 0 aliphatic carbocycles. The zero-order chi connectivity index (χ0) is 19.0. The van der Waals surface area contributed by atoms with Crippen LogP contribution in [0.2, 0.25) is 15.1 Å². The summed E-state index contributed by atoms with van der Waals surface area (Å²) in [5.41, 5.74) is 2.22. The third-order valence-electron chi connectivity index (χ3n) is 4.38. The predicted octanol–water partition coefficient (Wildman–Crippen LogP) is 5.98. The van der Waals surface area contributed by atoms with Crippen LogP contribution in [0.15, 0.2) is 36.4 Å². The van der Waals surface area contributed by atoms with Gasteiger partial charge in [-0.25, -0.2) is 0 Å². The largest absolute Gasteiger partial charge is 0.302 e. The number of halogens is 3. The minimum Gasteiger partial charge on any atom is -0.302 e. The van der Waals surface area contributed by atoms with Crippen LogP contribution in [0, 0.1) is 13.8 Å². The zero-order valence-electron chi connectivity index (χ0n) is 14.0. The summed E-state index contributed by atoms with van der Waals surface area (Å²) in [6.45, 7) is 3.33. The Morgan fingerprint density at radius 1 is 0.962 bits per heavy atom. The lowest BCUT2D eigenvalue weighted by Crippen LogP contribution is -2.18. The van der Waals surface area contributed by atoms with Crippen molar-refractivity contribution in [1.82, 2.24) is 4.98 Å². The van der Waals surface area contributed by atoms with E-state index in [9.17, 15) is 9.59 Å². The third-order valence-corrected chi connectivity index (χ3v) is 5.89. The van der Waals surface area contributed by atoms with Crippen LogP contribution in [0.4, 0.5) is 0 Å². The van der Waals surface area contributed by atoms with Gasteiger partial charge in [0.15, 0.2) is 5.78 Å². The van der Waals surface area contributed by atoms with E-state index in [4.69, 9.17) is 34.8 Å². The fourth-order valence-electron chi connectivity index (χ4n) is 2.86. The Kier molecular flexibility index (Phi) is 5.33. The molecule has 3 rings (SSSR count). The van der Waals surface area contributed by atoms with E-state index in [1.165, 1.54) is 0 Å². The van der Waals surface area contributed by atoms with E-state index in [0.717, 1.165) is 5.39 Å². The highest BCUT2D eigenvalue weighted by molar-refractivity contribution is 6.46. The summed E-state index contributed by atoms with van der Waals surface area (Å²) < 4.78 is 0. The molecule has 0 fully saturated rings.